The molecule has 0 fully saturated rings. The molecule has 0 spiro atoms. The zero-order chi connectivity index (χ0) is 15.3. The van der Waals surface area contributed by atoms with E-state index < -0.39 is 10.0 Å². The summed E-state index contributed by atoms with van der Waals surface area (Å²) in [5.74, 6) is 0. The van der Waals surface area contributed by atoms with Gasteiger partial charge in [-0.2, -0.15) is 5.26 Å². The van der Waals surface area contributed by atoms with Crippen LogP contribution in [0, 0.1) is 11.3 Å². The van der Waals surface area contributed by atoms with Gasteiger partial charge in [-0.25, -0.2) is 8.42 Å². The summed E-state index contributed by atoms with van der Waals surface area (Å²) in [5.41, 5.74) is 1.33. The predicted molar refractivity (Wildman–Crippen MR) is 84.8 cm³/mol. The molecule has 0 aromatic heterocycles. The Morgan fingerprint density at radius 1 is 1.10 bits per heavy atom. The number of nitrogens with one attached hydrogen (secondary N) is 1. The second-order valence-electron chi connectivity index (χ2n) is 4.31. The molecule has 0 radical (unpaired) electrons. The first-order valence-corrected chi connectivity index (χ1v) is 8.89. The van der Waals surface area contributed by atoms with E-state index in [0.717, 1.165) is 10.5 Å². The van der Waals surface area contributed by atoms with Crippen LogP contribution in [-0.4, -0.2) is 14.7 Å². The average Bonchev–Trinajstić information content (AvgIpc) is 2.49. The largest absolute Gasteiger partial charge is 0.280 e. The van der Waals surface area contributed by atoms with Crippen LogP contribution in [0.3, 0.4) is 0 Å². The van der Waals surface area contributed by atoms with Gasteiger partial charge < -0.3 is 0 Å². The number of nitriles is 1. The quantitative estimate of drug-likeness (QED) is 0.859. The molecule has 0 saturated carbocycles. The van der Waals surface area contributed by atoms with Gasteiger partial charge in [-0.3, -0.25) is 4.72 Å². The van der Waals surface area contributed by atoms with Crippen LogP contribution in [0.15, 0.2) is 58.3 Å². The second kappa shape index (κ2) is 6.66. The Labute approximate surface area is 128 Å². The van der Waals surface area contributed by atoms with Crippen molar-refractivity contribution in [2.45, 2.75) is 16.2 Å². The van der Waals surface area contributed by atoms with E-state index in [9.17, 15) is 8.42 Å². The minimum Gasteiger partial charge on any atom is -0.280 e. The van der Waals surface area contributed by atoms with Crippen LogP contribution in [0.2, 0.25) is 0 Å². The highest BCUT2D eigenvalue weighted by Crippen LogP contribution is 2.20. The van der Waals surface area contributed by atoms with Crippen LogP contribution in [0.25, 0.3) is 0 Å². The number of thioether (sulfide) groups is 1. The maximum atomic E-state index is 12.2. The summed E-state index contributed by atoms with van der Waals surface area (Å²) in [4.78, 5) is 1.23. The van der Waals surface area contributed by atoms with Crippen molar-refractivity contribution in [2.24, 2.45) is 0 Å². The van der Waals surface area contributed by atoms with Crippen molar-refractivity contribution in [3.63, 3.8) is 0 Å². The SMILES string of the molecule is CSc1ccc(S(=O)(=O)Nc2ccc(CC#N)cc2)cc1. The number of hydrogen-bond acceptors (Lipinski definition) is 4. The van der Waals surface area contributed by atoms with Gasteiger partial charge in [0.1, 0.15) is 0 Å². The first kappa shape index (κ1) is 15.4. The zero-order valence-electron chi connectivity index (χ0n) is 11.4. The van der Waals surface area contributed by atoms with Crippen molar-refractivity contribution in [2.75, 3.05) is 11.0 Å². The van der Waals surface area contributed by atoms with E-state index in [1.165, 1.54) is 0 Å². The lowest BCUT2D eigenvalue weighted by molar-refractivity contribution is 0.601. The Balaban J connectivity index is 2.18. The number of hydrogen-bond donors (Lipinski definition) is 1. The van der Waals surface area contributed by atoms with E-state index in [-0.39, 0.29) is 4.90 Å². The fraction of sp³-hybridized carbons (Fsp3) is 0.133. The van der Waals surface area contributed by atoms with Crippen LogP contribution in [-0.2, 0) is 16.4 Å². The molecule has 108 valence electrons. The molecule has 0 atom stereocenters. The van der Waals surface area contributed by atoms with Crippen molar-refractivity contribution in [3.05, 3.63) is 54.1 Å². The van der Waals surface area contributed by atoms with Gasteiger partial charge in [0.25, 0.3) is 10.0 Å². The minimum absolute atomic E-state index is 0.224. The number of rotatable bonds is 5. The third kappa shape index (κ3) is 4.00. The molecule has 0 amide bonds. The topological polar surface area (TPSA) is 70.0 Å². The van der Waals surface area contributed by atoms with Crippen LogP contribution < -0.4 is 4.72 Å². The normalized spacial score (nSPS) is 10.9. The molecule has 0 aliphatic rings. The van der Waals surface area contributed by atoms with Gasteiger partial charge in [0.2, 0.25) is 0 Å². The van der Waals surface area contributed by atoms with Crippen molar-refractivity contribution in [1.82, 2.24) is 0 Å². The fourth-order valence-corrected chi connectivity index (χ4v) is 3.22. The highest BCUT2D eigenvalue weighted by atomic mass is 32.2. The summed E-state index contributed by atoms with van der Waals surface area (Å²) in [6, 6.07) is 15.5. The molecule has 6 heteroatoms. The molecular formula is C15H14N2O2S2. The molecule has 21 heavy (non-hydrogen) atoms. The van der Waals surface area contributed by atoms with Crippen LogP contribution >= 0.6 is 11.8 Å². The van der Waals surface area contributed by atoms with Crippen molar-refractivity contribution >= 4 is 27.5 Å². The number of sulfonamides is 1. The Hall–Kier alpha value is -1.97. The molecule has 0 aliphatic carbocycles. The summed E-state index contributed by atoms with van der Waals surface area (Å²) in [7, 11) is -3.59. The summed E-state index contributed by atoms with van der Waals surface area (Å²) >= 11 is 1.56. The molecular weight excluding hydrogens is 304 g/mol. The van der Waals surface area contributed by atoms with Crippen LogP contribution in [0.5, 0.6) is 0 Å². The summed E-state index contributed by atoms with van der Waals surface area (Å²) in [5, 5.41) is 8.60. The van der Waals surface area contributed by atoms with Gasteiger partial charge in [-0.05, 0) is 48.2 Å². The average molecular weight is 318 g/mol. The molecule has 1 N–H and O–H groups in total. The van der Waals surface area contributed by atoms with E-state index in [2.05, 4.69) is 4.72 Å². The monoisotopic (exact) mass is 318 g/mol. The number of benzene rings is 2. The maximum Gasteiger partial charge on any atom is 0.261 e. The summed E-state index contributed by atoms with van der Waals surface area (Å²) in [6.07, 6.45) is 2.24. The highest BCUT2D eigenvalue weighted by Gasteiger charge is 2.13. The molecule has 2 aromatic rings. The van der Waals surface area contributed by atoms with Gasteiger partial charge >= 0.3 is 0 Å². The minimum atomic E-state index is -3.59. The first-order chi connectivity index (χ1) is 10.0. The number of nitrogens with zero attached hydrogens (tertiary/aromatic N) is 1. The Bertz CT molecular complexity index is 746. The lowest BCUT2D eigenvalue weighted by Gasteiger charge is -2.09. The van der Waals surface area contributed by atoms with E-state index >= 15 is 0 Å². The van der Waals surface area contributed by atoms with Crippen LogP contribution in [0.1, 0.15) is 5.56 Å². The van der Waals surface area contributed by atoms with E-state index in [1.807, 2.05) is 12.3 Å². The Morgan fingerprint density at radius 3 is 2.24 bits per heavy atom. The predicted octanol–water partition coefficient (Wildman–Crippen LogP) is 3.28. The zero-order valence-corrected chi connectivity index (χ0v) is 13.0. The lowest BCUT2D eigenvalue weighted by atomic mass is 10.1. The molecule has 0 unspecified atom stereocenters. The molecule has 2 rings (SSSR count). The smallest absolute Gasteiger partial charge is 0.261 e. The fourth-order valence-electron chi connectivity index (χ4n) is 1.75. The molecule has 0 aliphatic heterocycles. The van der Waals surface area contributed by atoms with Crippen molar-refractivity contribution in [3.8, 4) is 6.07 Å². The molecule has 0 heterocycles. The Morgan fingerprint density at radius 2 is 1.71 bits per heavy atom. The standard InChI is InChI=1S/C15H14N2O2S2/c1-20-14-6-8-15(9-7-14)21(18,19)17-13-4-2-12(3-5-13)10-11-16/h2-9,17H,10H2,1H3. The van der Waals surface area contributed by atoms with Gasteiger partial charge in [0, 0.05) is 10.6 Å². The molecule has 2 aromatic carbocycles. The van der Waals surface area contributed by atoms with Gasteiger partial charge in [0.05, 0.1) is 17.4 Å². The molecule has 0 saturated heterocycles. The summed E-state index contributed by atoms with van der Waals surface area (Å²) in [6.45, 7) is 0. The van der Waals surface area contributed by atoms with Crippen molar-refractivity contribution < 1.29 is 8.42 Å². The second-order valence-corrected chi connectivity index (χ2v) is 6.87. The third-order valence-electron chi connectivity index (χ3n) is 2.86. The van der Waals surface area contributed by atoms with Crippen molar-refractivity contribution in [1.29, 1.82) is 5.26 Å². The highest BCUT2D eigenvalue weighted by molar-refractivity contribution is 7.98. The number of anilines is 1. The summed E-state index contributed by atoms with van der Waals surface area (Å²) < 4.78 is 27.0. The Kier molecular flexibility index (Phi) is 4.89. The first-order valence-electron chi connectivity index (χ1n) is 6.18. The maximum absolute atomic E-state index is 12.2. The third-order valence-corrected chi connectivity index (χ3v) is 5.00. The van der Waals surface area contributed by atoms with E-state index in [1.54, 1.807) is 60.3 Å². The van der Waals surface area contributed by atoms with Gasteiger partial charge in [-0.15, -0.1) is 11.8 Å². The molecule has 4 nitrogen and oxygen atoms in total. The van der Waals surface area contributed by atoms with Gasteiger partial charge in [-0.1, -0.05) is 12.1 Å². The van der Waals surface area contributed by atoms with E-state index in [4.69, 9.17) is 5.26 Å². The molecule has 0 bridgehead atoms. The van der Waals surface area contributed by atoms with Crippen LogP contribution in [0.4, 0.5) is 5.69 Å². The van der Waals surface area contributed by atoms with E-state index in [0.29, 0.717) is 12.1 Å². The van der Waals surface area contributed by atoms with Gasteiger partial charge in [0.15, 0.2) is 0 Å². The lowest BCUT2D eigenvalue weighted by Crippen LogP contribution is -2.12.